The molecule has 0 aliphatic heterocycles. The van der Waals surface area contributed by atoms with Gasteiger partial charge in [0.2, 0.25) is 0 Å². The van der Waals surface area contributed by atoms with Gasteiger partial charge in [-0.05, 0) is 44.2 Å². The zero-order chi connectivity index (χ0) is 18.4. The van der Waals surface area contributed by atoms with Crippen molar-refractivity contribution >= 4 is 0 Å². The van der Waals surface area contributed by atoms with E-state index < -0.39 is 6.10 Å². The Morgan fingerprint density at radius 2 is 1.19 bits per heavy atom. The Kier molecular flexibility index (Phi) is 5.55. The molecule has 0 radical (unpaired) electrons. The van der Waals surface area contributed by atoms with Crippen LogP contribution in [0, 0.1) is 37.5 Å². The van der Waals surface area contributed by atoms with Crippen molar-refractivity contribution < 1.29 is 5.11 Å². The van der Waals surface area contributed by atoms with E-state index in [9.17, 15) is 5.11 Å². The highest BCUT2D eigenvalue weighted by molar-refractivity contribution is 5.49. The van der Waals surface area contributed by atoms with E-state index in [2.05, 4.69) is 30.6 Å². The predicted octanol–water partition coefficient (Wildman–Crippen LogP) is 4.79. The first-order chi connectivity index (χ1) is 12.6. The molecule has 26 heavy (non-hydrogen) atoms. The van der Waals surface area contributed by atoms with Crippen LogP contribution in [0.4, 0.5) is 0 Å². The van der Waals surface area contributed by atoms with E-state index in [1.54, 1.807) is 0 Å². The van der Waals surface area contributed by atoms with Gasteiger partial charge in [0.1, 0.15) is 6.10 Å². The molecule has 1 nitrogen and oxygen atoms in total. The van der Waals surface area contributed by atoms with Crippen LogP contribution in [0.2, 0.25) is 0 Å². The molecule has 3 rings (SSSR count). The molecule has 0 saturated heterocycles. The van der Waals surface area contributed by atoms with Crippen LogP contribution in [0.15, 0.2) is 72.8 Å². The Balaban J connectivity index is 1.85. The Hall–Kier alpha value is -3.26. The number of benzene rings is 3. The highest BCUT2D eigenvalue weighted by Gasteiger charge is 2.07. The largest absolute Gasteiger partial charge is 0.376 e. The van der Waals surface area contributed by atoms with Crippen LogP contribution >= 0.6 is 0 Å². The number of aliphatic hydroxyl groups excluding tert-OH is 1. The SMILES string of the molecule is Cc1ccc(C#Cc2ccccc2C(O)C#Cc2ccc(C)cc2)cc1. The third kappa shape index (κ3) is 4.64. The topological polar surface area (TPSA) is 20.2 Å². The fourth-order valence-electron chi connectivity index (χ4n) is 2.49. The molecule has 0 amide bonds. The summed E-state index contributed by atoms with van der Waals surface area (Å²) in [5, 5.41) is 10.5. The molecule has 1 N–H and O–H groups in total. The lowest BCUT2D eigenvalue weighted by atomic mass is 10.0. The maximum absolute atomic E-state index is 10.5. The molecule has 0 spiro atoms. The second-order valence-corrected chi connectivity index (χ2v) is 6.24. The van der Waals surface area contributed by atoms with E-state index in [4.69, 9.17) is 0 Å². The lowest BCUT2D eigenvalue weighted by Gasteiger charge is -2.06. The average Bonchev–Trinajstić information content (AvgIpc) is 2.67. The summed E-state index contributed by atoms with van der Waals surface area (Å²) >= 11 is 0. The van der Waals surface area contributed by atoms with Crippen LogP contribution in [0.3, 0.4) is 0 Å². The maximum atomic E-state index is 10.5. The van der Waals surface area contributed by atoms with Crippen molar-refractivity contribution in [1.82, 2.24) is 0 Å². The average molecular weight is 336 g/mol. The zero-order valence-electron chi connectivity index (χ0n) is 15.0. The molecule has 0 aliphatic rings. The summed E-state index contributed by atoms with van der Waals surface area (Å²) in [6, 6.07) is 23.6. The van der Waals surface area contributed by atoms with Gasteiger partial charge in [-0.3, -0.25) is 0 Å². The zero-order valence-corrected chi connectivity index (χ0v) is 15.0. The minimum absolute atomic E-state index is 0.728. The van der Waals surface area contributed by atoms with E-state index in [0.29, 0.717) is 0 Å². The molecule has 0 aromatic heterocycles. The molecule has 0 bridgehead atoms. The Labute approximate surface area is 155 Å². The number of aryl methyl sites for hydroxylation is 2. The van der Waals surface area contributed by atoms with Crippen LogP contribution in [0.5, 0.6) is 0 Å². The van der Waals surface area contributed by atoms with E-state index >= 15 is 0 Å². The van der Waals surface area contributed by atoms with Crippen molar-refractivity contribution in [2.75, 3.05) is 0 Å². The van der Waals surface area contributed by atoms with Crippen LogP contribution < -0.4 is 0 Å². The second kappa shape index (κ2) is 8.21. The number of aliphatic hydroxyl groups is 1. The quantitative estimate of drug-likeness (QED) is 0.634. The molecule has 1 unspecified atom stereocenters. The van der Waals surface area contributed by atoms with Crippen molar-refractivity contribution in [1.29, 1.82) is 0 Å². The minimum atomic E-state index is -0.875. The van der Waals surface area contributed by atoms with Crippen molar-refractivity contribution in [2.24, 2.45) is 0 Å². The standard InChI is InChI=1S/C25H20O/c1-19-7-11-21(12-8-19)15-17-23-5-3-4-6-24(23)25(26)18-16-22-13-9-20(2)10-14-22/h3-14,25-26H,1-2H3. The number of hydrogen-bond donors (Lipinski definition) is 1. The Morgan fingerprint density at radius 3 is 1.81 bits per heavy atom. The molecule has 0 fully saturated rings. The minimum Gasteiger partial charge on any atom is -0.376 e. The van der Waals surface area contributed by atoms with Gasteiger partial charge in [-0.25, -0.2) is 0 Å². The number of hydrogen-bond acceptors (Lipinski definition) is 1. The van der Waals surface area contributed by atoms with Gasteiger partial charge in [0.05, 0.1) is 0 Å². The highest BCUT2D eigenvalue weighted by Crippen LogP contribution is 2.17. The molecule has 0 heterocycles. The van der Waals surface area contributed by atoms with Gasteiger partial charge in [0.15, 0.2) is 0 Å². The summed E-state index contributed by atoms with van der Waals surface area (Å²) in [5.74, 6) is 12.3. The summed E-state index contributed by atoms with van der Waals surface area (Å²) in [6.45, 7) is 4.09. The molecule has 3 aromatic rings. The van der Waals surface area contributed by atoms with Crippen molar-refractivity contribution in [3.63, 3.8) is 0 Å². The van der Waals surface area contributed by atoms with E-state index in [1.807, 2.05) is 79.7 Å². The van der Waals surface area contributed by atoms with E-state index in [-0.39, 0.29) is 0 Å². The van der Waals surface area contributed by atoms with Crippen molar-refractivity contribution in [2.45, 2.75) is 20.0 Å². The van der Waals surface area contributed by atoms with Crippen molar-refractivity contribution in [3.8, 4) is 23.7 Å². The molecule has 0 aliphatic carbocycles. The van der Waals surface area contributed by atoms with Gasteiger partial charge in [0, 0.05) is 22.3 Å². The van der Waals surface area contributed by atoms with Crippen LogP contribution in [-0.2, 0) is 0 Å². The monoisotopic (exact) mass is 336 g/mol. The third-order valence-electron chi connectivity index (χ3n) is 4.05. The van der Waals surface area contributed by atoms with Crippen LogP contribution in [-0.4, -0.2) is 5.11 Å². The molecule has 1 atom stereocenters. The van der Waals surface area contributed by atoms with Crippen LogP contribution in [0.1, 0.15) is 39.5 Å². The number of rotatable bonds is 1. The molecule has 126 valence electrons. The molecule has 1 heteroatoms. The summed E-state index contributed by atoms with van der Waals surface area (Å²) in [7, 11) is 0. The third-order valence-corrected chi connectivity index (χ3v) is 4.05. The summed E-state index contributed by atoms with van der Waals surface area (Å²) < 4.78 is 0. The smallest absolute Gasteiger partial charge is 0.141 e. The normalized spacial score (nSPS) is 10.9. The van der Waals surface area contributed by atoms with Gasteiger partial charge in [-0.1, -0.05) is 77.3 Å². The fraction of sp³-hybridized carbons (Fsp3) is 0.120. The maximum Gasteiger partial charge on any atom is 0.141 e. The molecule has 3 aromatic carbocycles. The summed E-state index contributed by atoms with van der Waals surface area (Å²) in [6.07, 6.45) is -0.875. The summed E-state index contributed by atoms with van der Waals surface area (Å²) in [4.78, 5) is 0. The van der Waals surface area contributed by atoms with Gasteiger partial charge in [-0.2, -0.15) is 0 Å². The lowest BCUT2D eigenvalue weighted by Crippen LogP contribution is -1.97. The first-order valence-electron chi connectivity index (χ1n) is 8.56. The van der Waals surface area contributed by atoms with Gasteiger partial charge in [0.25, 0.3) is 0 Å². The van der Waals surface area contributed by atoms with Gasteiger partial charge in [-0.15, -0.1) is 0 Å². The van der Waals surface area contributed by atoms with Crippen LogP contribution in [0.25, 0.3) is 0 Å². The second-order valence-electron chi connectivity index (χ2n) is 6.24. The Morgan fingerprint density at radius 1 is 0.654 bits per heavy atom. The fourth-order valence-corrected chi connectivity index (χ4v) is 2.49. The van der Waals surface area contributed by atoms with E-state index in [0.717, 1.165) is 22.3 Å². The Bertz CT molecular complexity index is 1000. The van der Waals surface area contributed by atoms with Crippen molar-refractivity contribution in [3.05, 3.63) is 106 Å². The van der Waals surface area contributed by atoms with Gasteiger partial charge < -0.3 is 5.11 Å². The van der Waals surface area contributed by atoms with E-state index in [1.165, 1.54) is 11.1 Å². The molecular formula is C25H20O. The first kappa shape index (κ1) is 17.6. The molecule has 0 saturated carbocycles. The first-order valence-corrected chi connectivity index (χ1v) is 8.56. The highest BCUT2D eigenvalue weighted by atomic mass is 16.3. The predicted molar refractivity (Wildman–Crippen MR) is 107 cm³/mol. The van der Waals surface area contributed by atoms with Gasteiger partial charge >= 0.3 is 0 Å². The molecular weight excluding hydrogens is 316 g/mol. The summed E-state index contributed by atoms with van der Waals surface area (Å²) in [5.41, 5.74) is 5.75. The lowest BCUT2D eigenvalue weighted by molar-refractivity contribution is 0.238.